The fourth-order valence-electron chi connectivity index (χ4n) is 1.64. The Balaban J connectivity index is 2.45. The van der Waals surface area contributed by atoms with E-state index in [-0.39, 0.29) is 0 Å². The zero-order chi connectivity index (χ0) is 15.4. The molecule has 0 radical (unpaired) electrons. The lowest BCUT2D eigenvalue weighted by atomic mass is 10.2. The Kier molecular flexibility index (Phi) is 5.20. The van der Waals surface area contributed by atoms with E-state index in [1.807, 2.05) is 25.1 Å². The molecule has 5 nitrogen and oxygen atoms in total. The van der Waals surface area contributed by atoms with E-state index in [0.717, 1.165) is 18.5 Å². The van der Waals surface area contributed by atoms with Gasteiger partial charge >= 0.3 is 0 Å². The van der Waals surface area contributed by atoms with Crippen molar-refractivity contribution in [2.75, 3.05) is 30.9 Å². The lowest BCUT2D eigenvalue weighted by molar-refractivity contribution is 0.920. The van der Waals surface area contributed by atoms with Crippen molar-refractivity contribution >= 4 is 35.1 Å². The molecule has 2 aromatic rings. The molecule has 0 saturated heterocycles. The summed E-state index contributed by atoms with van der Waals surface area (Å²) in [6.45, 7) is 2.89. The third-order valence-electron chi connectivity index (χ3n) is 2.73. The minimum Gasteiger partial charge on any atom is -0.354 e. The molecule has 1 heterocycles. The van der Waals surface area contributed by atoms with Crippen LogP contribution in [0.3, 0.4) is 0 Å². The van der Waals surface area contributed by atoms with Crippen LogP contribution in [0.25, 0.3) is 11.4 Å². The zero-order valence-electron chi connectivity index (χ0n) is 12.2. The van der Waals surface area contributed by atoms with Crippen LogP contribution >= 0.6 is 23.2 Å². The molecule has 0 saturated carbocycles. The fraction of sp³-hybridized carbons (Fsp3) is 0.357. The molecular weight excluding hydrogens is 309 g/mol. The highest BCUT2D eigenvalue weighted by molar-refractivity contribution is 6.42. The van der Waals surface area contributed by atoms with E-state index >= 15 is 0 Å². The van der Waals surface area contributed by atoms with Gasteiger partial charge in [-0.3, -0.25) is 0 Å². The Morgan fingerprint density at radius 2 is 1.86 bits per heavy atom. The molecule has 0 bridgehead atoms. The number of nitrogens with one attached hydrogen (secondary N) is 1. The summed E-state index contributed by atoms with van der Waals surface area (Å²) in [4.78, 5) is 15.1. The van der Waals surface area contributed by atoms with Gasteiger partial charge in [-0.15, -0.1) is 0 Å². The number of rotatable bonds is 5. The van der Waals surface area contributed by atoms with Gasteiger partial charge in [-0.05, 0) is 24.6 Å². The first-order chi connectivity index (χ1) is 10.0. The first kappa shape index (κ1) is 15.8. The van der Waals surface area contributed by atoms with Crippen molar-refractivity contribution in [1.29, 1.82) is 0 Å². The maximum absolute atomic E-state index is 6.06. The lowest BCUT2D eigenvalue weighted by Gasteiger charge is -2.13. The molecule has 21 heavy (non-hydrogen) atoms. The van der Waals surface area contributed by atoms with Crippen LogP contribution in [0.5, 0.6) is 0 Å². The monoisotopic (exact) mass is 325 g/mol. The number of aromatic nitrogens is 3. The molecule has 0 aliphatic carbocycles. The van der Waals surface area contributed by atoms with Gasteiger partial charge in [0, 0.05) is 26.2 Å². The van der Waals surface area contributed by atoms with Crippen molar-refractivity contribution in [2.24, 2.45) is 0 Å². The first-order valence-corrected chi connectivity index (χ1v) is 7.39. The maximum Gasteiger partial charge on any atom is 0.230 e. The van der Waals surface area contributed by atoms with Crippen LogP contribution in [0.2, 0.25) is 10.0 Å². The highest BCUT2D eigenvalue weighted by Crippen LogP contribution is 2.27. The van der Waals surface area contributed by atoms with Crippen LogP contribution < -0.4 is 10.2 Å². The molecule has 0 amide bonds. The van der Waals surface area contributed by atoms with Crippen LogP contribution in [0.4, 0.5) is 11.9 Å². The number of hydrogen-bond donors (Lipinski definition) is 1. The third-order valence-corrected chi connectivity index (χ3v) is 3.47. The summed E-state index contributed by atoms with van der Waals surface area (Å²) in [5, 5.41) is 4.16. The largest absolute Gasteiger partial charge is 0.354 e. The van der Waals surface area contributed by atoms with Gasteiger partial charge < -0.3 is 10.2 Å². The van der Waals surface area contributed by atoms with E-state index < -0.39 is 0 Å². The van der Waals surface area contributed by atoms with E-state index in [1.54, 1.807) is 12.1 Å². The smallest absolute Gasteiger partial charge is 0.230 e. The number of nitrogens with zero attached hydrogens (tertiary/aromatic N) is 4. The summed E-state index contributed by atoms with van der Waals surface area (Å²) in [7, 11) is 3.77. The second-order valence-electron chi connectivity index (χ2n) is 4.73. The summed E-state index contributed by atoms with van der Waals surface area (Å²) in [5.74, 6) is 1.70. The van der Waals surface area contributed by atoms with Gasteiger partial charge in [-0.1, -0.05) is 30.1 Å². The van der Waals surface area contributed by atoms with Gasteiger partial charge in [0.15, 0.2) is 5.82 Å². The fourth-order valence-corrected chi connectivity index (χ4v) is 1.94. The van der Waals surface area contributed by atoms with E-state index in [2.05, 4.69) is 27.2 Å². The van der Waals surface area contributed by atoms with Crippen LogP contribution in [-0.4, -0.2) is 35.6 Å². The zero-order valence-corrected chi connectivity index (χ0v) is 13.7. The van der Waals surface area contributed by atoms with Gasteiger partial charge in [-0.25, -0.2) is 0 Å². The number of halogens is 2. The normalized spacial score (nSPS) is 10.5. The molecule has 0 aliphatic rings. The van der Waals surface area contributed by atoms with E-state index in [4.69, 9.17) is 23.2 Å². The summed E-state index contributed by atoms with van der Waals surface area (Å²) in [5.41, 5.74) is 0.800. The van der Waals surface area contributed by atoms with Crippen molar-refractivity contribution in [3.63, 3.8) is 0 Å². The Hall–Kier alpha value is -1.59. The molecule has 2 rings (SSSR count). The molecule has 0 atom stereocenters. The number of benzene rings is 1. The summed E-state index contributed by atoms with van der Waals surface area (Å²) >= 11 is 12.0. The van der Waals surface area contributed by atoms with Gasteiger partial charge in [-0.2, -0.15) is 15.0 Å². The van der Waals surface area contributed by atoms with Crippen molar-refractivity contribution in [1.82, 2.24) is 15.0 Å². The van der Waals surface area contributed by atoms with Gasteiger partial charge in [0.25, 0.3) is 0 Å². The molecule has 1 aromatic carbocycles. The second kappa shape index (κ2) is 6.91. The van der Waals surface area contributed by atoms with Crippen molar-refractivity contribution in [3.05, 3.63) is 28.2 Å². The molecule has 112 valence electrons. The number of hydrogen-bond acceptors (Lipinski definition) is 5. The van der Waals surface area contributed by atoms with Crippen molar-refractivity contribution in [2.45, 2.75) is 13.3 Å². The van der Waals surface area contributed by atoms with E-state index in [9.17, 15) is 0 Å². The summed E-state index contributed by atoms with van der Waals surface area (Å²) in [6.07, 6.45) is 0.991. The summed E-state index contributed by atoms with van der Waals surface area (Å²) in [6, 6.07) is 5.33. The molecule has 7 heteroatoms. The SMILES string of the molecule is CCCNc1nc(-c2ccc(Cl)c(Cl)c2)nc(N(C)C)n1. The minimum absolute atomic E-state index is 0.476. The van der Waals surface area contributed by atoms with E-state index in [0.29, 0.717) is 27.8 Å². The van der Waals surface area contributed by atoms with Gasteiger partial charge in [0.2, 0.25) is 11.9 Å². The molecule has 0 unspecified atom stereocenters. The minimum atomic E-state index is 0.476. The second-order valence-corrected chi connectivity index (χ2v) is 5.55. The quantitative estimate of drug-likeness (QED) is 0.907. The topological polar surface area (TPSA) is 53.9 Å². The first-order valence-electron chi connectivity index (χ1n) is 6.64. The van der Waals surface area contributed by atoms with Gasteiger partial charge in [0.1, 0.15) is 0 Å². The molecule has 0 aliphatic heterocycles. The highest BCUT2D eigenvalue weighted by Gasteiger charge is 2.11. The average molecular weight is 326 g/mol. The summed E-state index contributed by atoms with van der Waals surface area (Å²) < 4.78 is 0. The van der Waals surface area contributed by atoms with Crippen LogP contribution in [-0.2, 0) is 0 Å². The molecule has 1 N–H and O–H groups in total. The van der Waals surface area contributed by atoms with Crippen LogP contribution in [0.1, 0.15) is 13.3 Å². The highest BCUT2D eigenvalue weighted by atomic mass is 35.5. The van der Waals surface area contributed by atoms with Gasteiger partial charge in [0.05, 0.1) is 10.0 Å². The van der Waals surface area contributed by atoms with E-state index in [1.165, 1.54) is 0 Å². The Labute approximate surface area is 134 Å². The molecular formula is C14H17Cl2N5. The molecule has 1 aromatic heterocycles. The van der Waals surface area contributed by atoms with Crippen LogP contribution in [0, 0.1) is 0 Å². The Morgan fingerprint density at radius 1 is 1.10 bits per heavy atom. The Bertz CT molecular complexity index is 631. The third kappa shape index (κ3) is 3.95. The predicted molar refractivity (Wildman–Crippen MR) is 88.4 cm³/mol. The predicted octanol–water partition coefficient (Wildman–Crippen LogP) is 3.73. The lowest BCUT2D eigenvalue weighted by Crippen LogP contribution is -2.16. The standard InChI is InChI=1S/C14H17Cl2N5/c1-4-7-17-13-18-12(19-14(20-13)21(2)3)9-5-6-10(15)11(16)8-9/h5-6,8H,4,7H2,1-3H3,(H,17,18,19,20). The van der Waals surface area contributed by atoms with Crippen molar-refractivity contribution < 1.29 is 0 Å². The van der Waals surface area contributed by atoms with Crippen LogP contribution in [0.15, 0.2) is 18.2 Å². The molecule has 0 spiro atoms. The Morgan fingerprint density at radius 3 is 2.48 bits per heavy atom. The maximum atomic E-state index is 6.06. The average Bonchev–Trinajstić information content (AvgIpc) is 2.47. The molecule has 0 fully saturated rings. The number of anilines is 2. The van der Waals surface area contributed by atoms with Crippen molar-refractivity contribution in [3.8, 4) is 11.4 Å².